The lowest BCUT2D eigenvalue weighted by molar-refractivity contribution is -0.139. The van der Waals surface area contributed by atoms with Gasteiger partial charge in [-0.25, -0.2) is 14.6 Å². The molecule has 3 fully saturated rings. The summed E-state index contributed by atoms with van der Waals surface area (Å²) in [5.41, 5.74) is 3.25. The van der Waals surface area contributed by atoms with Crippen molar-refractivity contribution < 1.29 is 42.2 Å². The Balaban J connectivity index is 0.964. The van der Waals surface area contributed by atoms with Crippen molar-refractivity contribution in [1.29, 1.82) is 0 Å². The molecule has 338 valence electrons. The van der Waals surface area contributed by atoms with Crippen molar-refractivity contribution in [1.82, 2.24) is 30.4 Å². The van der Waals surface area contributed by atoms with Crippen LogP contribution in [0.5, 0.6) is 0 Å². The van der Waals surface area contributed by atoms with Gasteiger partial charge in [-0.2, -0.15) is 8.78 Å². The molecule has 1 saturated carbocycles. The van der Waals surface area contributed by atoms with E-state index in [0.29, 0.717) is 77.4 Å². The van der Waals surface area contributed by atoms with Crippen LogP contribution in [-0.2, 0) is 29.8 Å². The number of nitrogens with one attached hydrogen (secondary N) is 4. The maximum absolute atomic E-state index is 16.5. The first-order chi connectivity index (χ1) is 30.8. The third-order valence-corrected chi connectivity index (χ3v) is 13.0. The summed E-state index contributed by atoms with van der Waals surface area (Å²) in [6, 6.07) is 14.2. The highest BCUT2D eigenvalue weighted by atomic mass is 19.3. The highest BCUT2D eigenvalue weighted by Crippen LogP contribution is 2.53. The van der Waals surface area contributed by atoms with Gasteiger partial charge in [0.05, 0.1) is 31.1 Å². The molecule has 0 radical (unpaired) electrons. The van der Waals surface area contributed by atoms with E-state index >= 15 is 8.78 Å². The molecular weight excluding hydrogens is 825 g/mol. The van der Waals surface area contributed by atoms with Crippen LogP contribution in [0.25, 0.3) is 33.5 Å². The van der Waals surface area contributed by atoms with E-state index in [1.165, 1.54) is 17.0 Å². The predicted molar refractivity (Wildman–Crippen MR) is 235 cm³/mol. The Hall–Kier alpha value is -6.32. The maximum Gasteiger partial charge on any atom is 0.407 e. The number of halogens is 2. The third-order valence-electron chi connectivity index (χ3n) is 13.0. The van der Waals surface area contributed by atoms with Gasteiger partial charge in [-0.3, -0.25) is 14.4 Å². The second kappa shape index (κ2) is 18.4. The van der Waals surface area contributed by atoms with Crippen LogP contribution in [0.15, 0.2) is 66.9 Å². The maximum atomic E-state index is 16.5. The minimum Gasteiger partial charge on any atom is -0.450 e. The van der Waals surface area contributed by atoms with Gasteiger partial charge in [-0.05, 0) is 111 Å². The summed E-state index contributed by atoms with van der Waals surface area (Å²) in [5.74, 6) is -3.89. The van der Waals surface area contributed by atoms with E-state index in [1.807, 2.05) is 13.8 Å². The molecule has 4 aromatic rings. The molecule has 4 atom stereocenters. The number of fused-ring (bicyclic) bond motifs is 3. The molecule has 64 heavy (non-hydrogen) atoms. The average Bonchev–Trinajstić information content (AvgIpc) is 4.08. The Labute approximate surface area is 370 Å². The summed E-state index contributed by atoms with van der Waals surface area (Å²) < 4.78 is 43.2. The number of benzene rings is 3. The van der Waals surface area contributed by atoms with Gasteiger partial charge in [0.15, 0.2) is 0 Å². The van der Waals surface area contributed by atoms with Gasteiger partial charge in [0.2, 0.25) is 17.7 Å². The molecule has 14 nitrogen and oxygen atoms in total. The highest BCUT2D eigenvalue weighted by Gasteiger charge is 2.46. The lowest BCUT2D eigenvalue weighted by atomic mass is 9.79. The van der Waals surface area contributed by atoms with Crippen molar-refractivity contribution in [2.45, 2.75) is 103 Å². The van der Waals surface area contributed by atoms with Gasteiger partial charge in [0, 0.05) is 35.5 Å². The Kier molecular flexibility index (Phi) is 12.7. The number of anilines is 1. The van der Waals surface area contributed by atoms with Crippen molar-refractivity contribution in [2.75, 3.05) is 31.6 Å². The summed E-state index contributed by atoms with van der Waals surface area (Å²) in [4.78, 5) is 76.9. The molecule has 1 unspecified atom stereocenters. The molecule has 2 aliphatic carbocycles. The number of rotatable bonds is 13. The monoisotopic (exact) mass is 879 g/mol. The topological polar surface area (TPSA) is 175 Å². The minimum absolute atomic E-state index is 0.0397. The number of aromatic amines is 1. The number of alkyl carbamates (subject to hydrolysis) is 2. The van der Waals surface area contributed by atoms with E-state index in [1.54, 1.807) is 73.5 Å². The molecule has 3 heterocycles. The van der Waals surface area contributed by atoms with Crippen LogP contribution in [0.2, 0.25) is 0 Å². The van der Waals surface area contributed by atoms with E-state index < -0.39 is 36.2 Å². The largest absolute Gasteiger partial charge is 0.450 e. The van der Waals surface area contributed by atoms with Crippen molar-refractivity contribution in [3.63, 3.8) is 0 Å². The molecular formula is C48H55F2N7O7. The summed E-state index contributed by atoms with van der Waals surface area (Å²) in [6.45, 7) is 8.24. The second-order valence-corrected chi connectivity index (χ2v) is 17.3. The molecule has 4 aliphatic rings. The van der Waals surface area contributed by atoms with Crippen molar-refractivity contribution >= 4 is 35.6 Å². The first kappa shape index (κ1) is 44.3. The van der Waals surface area contributed by atoms with Gasteiger partial charge >= 0.3 is 12.2 Å². The van der Waals surface area contributed by atoms with Crippen LogP contribution < -0.4 is 16.0 Å². The number of nitrogens with zero attached hydrogens (tertiary/aromatic N) is 3. The summed E-state index contributed by atoms with van der Waals surface area (Å²) in [6.07, 6.45) is 5.48. The lowest BCUT2D eigenvalue weighted by Gasteiger charge is -2.36. The third kappa shape index (κ3) is 8.66. The smallest absolute Gasteiger partial charge is 0.407 e. The van der Waals surface area contributed by atoms with Gasteiger partial charge in [0.1, 0.15) is 23.9 Å². The first-order valence-corrected chi connectivity index (χ1v) is 22.4. The number of amides is 5. The SMILES string of the molecule is CCOC(=O)NC(C(=O)N1CCC[C@H]1c1ncc(-c2ccc3c(c2)C(F)(F)c2cc(-c4cccc(NC(=O)[C@@H]5CCCN5C(=O)[C@@H](NC(=O)OCC)C(C)C)c4)ccc2-3)[nH]1)C1CCC1. The van der Waals surface area contributed by atoms with Crippen LogP contribution in [0.4, 0.5) is 24.1 Å². The number of likely N-dealkylation sites (tertiary alicyclic amines) is 2. The quantitative estimate of drug-likeness (QED) is 0.104. The Morgan fingerprint density at radius 1 is 0.781 bits per heavy atom. The zero-order chi connectivity index (χ0) is 45.3. The molecule has 2 saturated heterocycles. The Morgan fingerprint density at radius 2 is 1.42 bits per heavy atom. The average molecular weight is 880 g/mol. The predicted octanol–water partition coefficient (Wildman–Crippen LogP) is 8.14. The van der Waals surface area contributed by atoms with E-state index in [2.05, 4.69) is 25.9 Å². The van der Waals surface area contributed by atoms with Crippen LogP contribution in [0.1, 0.15) is 95.6 Å². The molecule has 5 amide bonds. The van der Waals surface area contributed by atoms with Crippen LogP contribution >= 0.6 is 0 Å². The van der Waals surface area contributed by atoms with Crippen LogP contribution in [0.3, 0.4) is 0 Å². The summed E-state index contributed by atoms with van der Waals surface area (Å²) in [5, 5.41) is 8.35. The number of imidazole rings is 1. The molecule has 16 heteroatoms. The minimum atomic E-state index is -3.32. The fraction of sp³-hybridized carbons (Fsp3) is 0.458. The Morgan fingerprint density at radius 3 is 2.09 bits per heavy atom. The number of alkyl halides is 2. The number of aromatic nitrogens is 2. The summed E-state index contributed by atoms with van der Waals surface area (Å²) in [7, 11) is 0. The first-order valence-electron chi connectivity index (χ1n) is 22.4. The van der Waals surface area contributed by atoms with Gasteiger partial charge in [0.25, 0.3) is 5.92 Å². The number of hydrogen-bond donors (Lipinski definition) is 4. The number of hydrogen-bond acceptors (Lipinski definition) is 8. The second-order valence-electron chi connectivity index (χ2n) is 17.3. The molecule has 8 rings (SSSR count). The standard InChI is InChI=1S/C48H55F2N7O7/c1-5-63-46(61)54-40(27(3)4)44(59)57-22-10-16-39(57)43(58)52-32-14-8-13-29(23-32)30-17-19-33-34-20-18-31(25-36(34)48(49,50)35(33)24-30)37-26-51-42(53-37)38-15-9-21-56(38)45(60)41(28-11-7-12-28)55-47(62)64-6-2/h8,13-14,17-20,23-28,38-41H,5-7,9-12,15-16,21-22H2,1-4H3,(H,51,53)(H,52,58)(H,54,61)(H,55,62)/t38-,39-,40-,41?/m0/s1. The number of ether oxygens (including phenoxy) is 2. The number of H-pyrrole nitrogens is 1. The zero-order valence-corrected chi connectivity index (χ0v) is 36.5. The van der Waals surface area contributed by atoms with E-state index in [4.69, 9.17) is 9.47 Å². The fourth-order valence-electron chi connectivity index (χ4n) is 9.47. The van der Waals surface area contributed by atoms with Gasteiger partial charge in [-0.1, -0.05) is 56.7 Å². The zero-order valence-electron chi connectivity index (χ0n) is 36.5. The van der Waals surface area contributed by atoms with Crippen LogP contribution in [0, 0.1) is 11.8 Å². The van der Waals surface area contributed by atoms with Crippen molar-refractivity contribution in [2.24, 2.45) is 11.8 Å². The van der Waals surface area contributed by atoms with Crippen LogP contribution in [-0.4, -0.2) is 94.1 Å². The molecule has 1 aromatic heterocycles. The lowest BCUT2D eigenvalue weighted by Crippen LogP contribution is -2.54. The Bertz CT molecular complexity index is 2430. The highest BCUT2D eigenvalue weighted by molar-refractivity contribution is 5.99. The van der Waals surface area contributed by atoms with Gasteiger partial charge < -0.3 is 40.2 Å². The van der Waals surface area contributed by atoms with Crippen molar-refractivity contribution in [3.05, 3.63) is 83.8 Å². The molecule has 4 N–H and O–H groups in total. The number of carbonyl (C=O) groups excluding carboxylic acids is 5. The van der Waals surface area contributed by atoms with E-state index in [0.717, 1.165) is 25.7 Å². The molecule has 3 aromatic carbocycles. The van der Waals surface area contributed by atoms with E-state index in [-0.39, 0.29) is 59.9 Å². The molecule has 2 aliphatic heterocycles. The van der Waals surface area contributed by atoms with Crippen molar-refractivity contribution in [3.8, 4) is 33.5 Å². The molecule has 0 spiro atoms. The van der Waals surface area contributed by atoms with E-state index in [9.17, 15) is 24.0 Å². The van der Waals surface area contributed by atoms with Gasteiger partial charge in [-0.15, -0.1) is 0 Å². The normalized spacial score (nSPS) is 19.6. The fourth-order valence-corrected chi connectivity index (χ4v) is 9.47. The number of carbonyl (C=O) groups is 5. The summed E-state index contributed by atoms with van der Waals surface area (Å²) >= 11 is 0. The molecule has 0 bridgehead atoms.